The Morgan fingerprint density at radius 1 is 1.39 bits per heavy atom. The number of hydrogen-bond donors (Lipinski definition) is 1. The minimum Gasteiger partial charge on any atom is -0.338 e. The summed E-state index contributed by atoms with van der Waals surface area (Å²) in [6, 6.07) is 0.201. The Hall–Kier alpha value is -1.06. The quantitative estimate of drug-likeness (QED) is 0.781. The number of likely N-dealkylation sites (tertiary alicyclic amines) is 1. The van der Waals surface area contributed by atoms with Crippen molar-refractivity contribution in [2.45, 2.75) is 57.9 Å². The zero-order valence-corrected chi connectivity index (χ0v) is 11.3. The van der Waals surface area contributed by atoms with Gasteiger partial charge in [0.25, 0.3) is 0 Å². The smallest absolute Gasteiger partial charge is 0.317 e. The molecule has 0 aromatic carbocycles. The van der Waals surface area contributed by atoms with E-state index in [9.17, 15) is 9.59 Å². The van der Waals surface area contributed by atoms with Crippen LogP contribution in [0.5, 0.6) is 0 Å². The van der Waals surface area contributed by atoms with Crippen LogP contribution in [0.15, 0.2) is 0 Å². The molecule has 0 aromatic heterocycles. The molecule has 4 nitrogen and oxygen atoms in total. The van der Waals surface area contributed by atoms with Crippen molar-refractivity contribution in [2.75, 3.05) is 13.1 Å². The maximum Gasteiger partial charge on any atom is 0.317 e. The SMILES string of the molecule is CCCCNC(=O)N1CCCC1C1CCCC1=O. The number of ketones is 1. The first-order valence-electron chi connectivity index (χ1n) is 7.31. The number of hydrogen-bond acceptors (Lipinski definition) is 2. The van der Waals surface area contributed by atoms with Crippen LogP contribution in [0.1, 0.15) is 51.9 Å². The Morgan fingerprint density at radius 2 is 2.22 bits per heavy atom. The first-order valence-corrected chi connectivity index (χ1v) is 7.31. The molecule has 2 atom stereocenters. The summed E-state index contributed by atoms with van der Waals surface area (Å²) in [5.74, 6) is 0.484. The molecule has 2 fully saturated rings. The third-order valence-corrected chi connectivity index (χ3v) is 4.18. The van der Waals surface area contributed by atoms with E-state index in [1.807, 2.05) is 4.90 Å². The number of carbonyl (C=O) groups is 2. The highest BCUT2D eigenvalue weighted by atomic mass is 16.2. The minimum atomic E-state index is 0.0330. The van der Waals surface area contributed by atoms with E-state index in [1.54, 1.807) is 0 Å². The van der Waals surface area contributed by atoms with Crippen LogP contribution in [0.4, 0.5) is 4.79 Å². The largest absolute Gasteiger partial charge is 0.338 e. The molecule has 1 heterocycles. The van der Waals surface area contributed by atoms with Crippen molar-refractivity contribution in [2.24, 2.45) is 5.92 Å². The normalized spacial score (nSPS) is 27.8. The lowest BCUT2D eigenvalue weighted by molar-refractivity contribution is -0.121. The van der Waals surface area contributed by atoms with Crippen molar-refractivity contribution < 1.29 is 9.59 Å². The summed E-state index contributed by atoms with van der Waals surface area (Å²) in [6.45, 7) is 3.67. The van der Waals surface area contributed by atoms with E-state index in [4.69, 9.17) is 0 Å². The molecule has 102 valence electrons. The Balaban J connectivity index is 1.90. The van der Waals surface area contributed by atoms with E-state index >= 15 is 0 Å². The summed E-state index contributed by atoms with van der Waals surface area (Å²) >= 11 is 0. The summed E-state index contributed by atoms with van der Waals surface area (Å²) in [7, 11) is 0. The molecule has 18 heavy (non-hydrogen) atoms. The molecule has 2 amide bonds. The van der Waals surface area contributed by atoms with E-state index in [1.165, 1.54) is 0 Å². The first-order chi connectivity index (χ1) is 8.74. The molecular weight excluding hydrogens is 228 g/mol. The minimum absolute atomic E-state index is 0.0330. The molecular formula is C14H24N2O2. The molecule has 0 spiro atoms. The second-order valence-electron chi connectivity index (χ2n) is 5.45. The van der Waals surface area contributed by atoms with Gasteiger partial charge < -0.3 is 10.2 Å². The van der Waals surface area contributed by atoms with Gasteiger partial charge in [0.2, 0.25) is 0 Å². The van der Waals surface area contributed by atoms with Crippen molar-refractivity contribution >= 4 is 11.8 Å². The molecule has 2 rings (SSSR count). The van der Waals surface area contributed by atoms with Gasteiger partial charge in [-0.15, -0.1) is 0 Å². The summed E-state index contributed by atoms with van der Waals surface area (Å²) in [6.07, 6.45) is 6.84. The van der Waals surface area contributed by atoms with Crippen molar-refractivity contribution in [3.05, 3.63) is 0 Å². The lowest BCUT2D eigenvalue weighted by Crippen LogP contribution is -2.46. The fourth-order valence-corrected chi connectivity index (χ4v) is 3.19. The van der Waals surface area contributed by atoms with Crippen molar-refractivity contribution in [1.82, 2.24) is 10.2 Å². The number of amides is 2. The Bertz CT molecular complexity index is 317. The van der Waals surface area contributed by atoms with E-state index in [2.05, 4.69) is 12.2 Å². The fraction of sp³-hybridized carbons (Fsp3) is 0.857. The maximum atomic E-state index is 12.1. The number of nitrogens with one attached hydrogen (secondary N) is 1. The van der Waals surface area contributed by atoms with Gasteiger partial charge in [0, 0.05) is 31.5 Å². The molecule has 2 aliphatic rings. The number of unbranched alkanes of at least 4 members (excludes halogenated alkanes) is 1. The van der Waals surface area contributed by atoms with Gasteiger partial charge in [0.15, 0.2) is 0 Å². The zero-order valence-electron chi connectivity index (χ0n) is 11.3. The van der Waals surface area contributed by atoms with Crippen LogP contribution < -0.4 is 5.32 Å². The van der Waals surface area contributed by atoms with Gasteiger partial charge in [0.1, 0.15) is 5.78 Å². The van der Waals surface area contributed by atoms with Crippen LogP contribution in [-0.2, 0) is 4.79 Å². The molecule has 1 saturated heterocycles. The van der Waals surface area contributed by atoms with Gasteiger partial charge in [0.05, 0.1) is 0 Å². The maximum absolute atomic E-state index is 12.1. The summed E-state index contributed by atoms with van der Waals surface area (Å²) in [5.41, 5.74) is 0. The van der Waals surface area contributed by atoms with E-state index in [-0.39, 0.29) is 18.0 Å². The lowest BCUT2D eigenvalue weighted by atomic mass is 9.95. The number of nitrogens with zero attached hydrogens (tertiary/aromatic N) is 1. The standard InChI is InChI=1S/C14H24N2O2/c1-2-3-9-15-14(18)16-10-5-7-12(16)11-6-4-8-13(11)17/h11-12H,2-10H2,1H3,(H,15,18). The summed E-state index contributed by atoms with van der Waals surface area (Å²) in [5, 5.41) is 2.97. The van der Waals surface area contributed by atoms with Gasteiger partial charge in [-0.25, -0.2) is 4.79 Å². The van der Waals surface area contributed by atoms with Crippen LogP contribution in [0.3, 0.4) is 0 Å². The van der Waals surface area contributed by atoms with Crippen molar-refractivity contribution in [1.29, 1.82) is 0 Å². The van der Waals surface area contributed by atoms with Crippen LogP contribution in [0.2, 0.25) is 0 Å². The predicted molar refractivity (Wildman–Crippen MR) is 70.4 cm³/mol. The van der Waals surface area contributed by atoms with E-state index < -0.39 is 0 Å². The van der Waals surface area contributed by atoms with E-state index in [0.717, 1.165) is 51.6 Å². The lowest BCUT2D eigenvalue weighted by Gasteiger charge is -2.28. The number of Topliss-reactive ketones (excluding diaryl/α,β-unsaturated/α-hetero) is 1. The molecule has 1 aliphatic heterocycles. The van der Waals surface area contributed by atoms with Crippen LogP contribution >= 0.6 is 0 Å². The number of carbonyl (C=O) groups excluding carboxylic acids is 2. The molecule has 1 saturated carbocycles. The monoisotopic (exact) mass is 252 g/mol. The average Bonchev–Trinajstić information content (AvgIpc) is 2.97. The fourth-order valence-electron chi connectivity index (χ4n) is 3.19. The highest BCUT2D eigenvalue weighted by Gasteiger charge is 2.39. The van der Waals surface area contributed by atoms with Gasteiger partial charge in [-0.3, -0.25) is 4.79 Å². The number of urea groups is 1. The third-order valence-electron chi connectivity index (χ3n) is 4.18. The Kier molecular flexibility index (Phi) is 4.61. The van der Waals surface area contributed by atoms with Crippen molar-refractivity contribution in [3.8, 4) is 0 Å². The third kappa shape index (κ3) is 2.85. The summed E-state index contributed by atoms with van der Waals surface area (Å²) < 4.78 is 0. The average molecular weight is 252 g/mol. The van der Waals surface area contributed by atoms with Gasteiger partial charge in [-0.2, -0.15) is 0 Å². The van der Waals surface area contributed by atoms with Gasteiger partial charge in [-0.1, -0.05) is 13.3 Å². The van der Waals surface area contributed by atoms with Gasteiger partial charge >= 0.3 is 6.03 Å². The Morgan fingerprint density at radius 3 is 2.89 bits per heavy atom. The van der Waals surface area contributed by atoms with Crippen LogP contribution in [-0.4, -0.2) is 35.8 Å². The van der Waals surface area contributed by atoms with Gasteiger partial charge in [-0.05, 0) is 32.1 Å². The molecule has 4 heteroatoms. The first kappa shape index (κ1) is 13.4. The van der Waals surface area contributed by atoms with E-state index in [0.29, 0.717) is 12.2 Å². The highest BCUT2D eigenvalue weighted by Crippen LogP contribution is 2.33. The topological polar surface area (TPSA) is 49.4 Å². The Labute approximate surface area is 109 Å². The number of rotatable bonds is 4. The highest BCUT2D eigenvalue weighted by molar-refractivity contribution is 5.84. The van der Waals surface area contributed by atoms with Crippen LogP contribution in [0.25, 0.3) is 0 Å². The second kappa shape index (κ2) is 6.21. The van der Waals surface area contributed by atoms with Crippen LogP contribution in [0, 0.1) is 5.92 Å². The molecule has 0 aromatic rings. The second-order valence-corrected chi connectivity index (χ2v) is 5.45. The predicted octanol–water partition coefficient (Wildman–Crippen LogP) is 2.33. The molecule has 1 aliphatic carbocycles. The molecule has 2 unspecified atom stereocenters. The zero-order chi connectivity index (χ0) is 13.0. The van der Waals surface area contributed by atoms with Crippen molar-refractivity contribution in [3.63, 3.8) is 0 Å². The molecule has 0 bridgehead atoms. The molecule has 0 radical (unpaired) electrons. The summed E-state index contributed by atoms with van der Waals surface area (Å²) in [4.78, 5) is 25.8. The molecule has 1 N–H and O–H groups in total.